The summed E-state index contributed by atoms with van der Waals surface area (Å²) in [5.41, 5.74) is 1.87. The normalized spacial score (nSPS) is 18.8. The molecule has 4 heterocycles. The lowest BCUT2D eigenvalue weighted by Gasteiger charge is -2.32. The SMILES string of the molecule is CCOCCCN1C(=O)C(=Cc2c(N3CCC(C)CC3)nc3c(C)cccn3c2=O)SC1=S. The molecule has 0 bridgehead atoms. The van der Waals surface area contributed by atoms with Gasteiger partial charge < -0.3 is 9.64 Å². The zero-order valence-electron chi connectivity index (χ0n) is 19.4. The second-order valence-electron chi connectivity index (χ2n) is 8.59. The standard InChI is InChI=1S/C24H30N4O3S2/c1-4-31-14-6-11-28-23(30)19(33-24(28)32)15-18-21(26-12-8-16(2)9-13-26)25-20-17(3)7-5-10-27(20)22(18)29/h5,7,10,15-16H,4,6,8-9,11-14H2,1-3H3. The van der Waals surface area contributed by atoms with Crippen LogP contribution in [0.2, 0.25) is 0 Å². The summed E-state index contributed by atoms with van der Waals surface area (Å²) in [6.45, 7) is 9.57. The number of piperidine rings is 1. The Morgan fingerprint density at radius 2 is 2.06 bits per heavy atom. The summed E-state index contributed by atoms with van der Waals surface area (Å²) in [5, 5.41) is 0. The topological polar surface area (TPSA) is 67.2 Å². The maximum absolute atomic E-state index is 13.6. The molecule has 1 amide bonds. The number of thioether (sulfide) groups is 1. The number of aromatic nitrogens is 2. The van der Waals surface area contributed by atoms with E-state index < -0.39 is 0 Å². The first-order valence-corrected chi connectivity index (χ1v) is 12.7. The molecule has 0 radical (unpaired) electrons. The molecule has 33 heavy (non-hydrogen) atoms. The molecule has 9 heteroatoms. The molecule has 2 aromatic heterocycles. The summed E-state index contributed by atoms with van der Waals surface area (Å²) in [5.74, 6) is 1.15. The lowest BCUT2D eigenvalue weighted by Crippen LogP contribution is -2.36. The number of pyridine rings is 1. The molecule has 0 saturated carbocycles. The highest BCUT2D eigenvalue weighted by Crippen LogP contribution is 2.34. The fourth-order valence-corrected chi connectivity index (χ4v) is 5.47. The van der Waals surface area contributed by atoms with Gasteiger partial charge in [-0.15, -0.1) is 0 Å². The number of hydrogen-bond donors (Lipinski definition) is 0. The van der Waals surface area contributed by atoms with Gasteiger partial charge in [0, 0.05) is 39.0 Å². The Balaban J connectivity index is 1.73. The van der Waals surface area contributed by atoms with E-state index >= 15 is 0 Å². The molecule has 0 atom stereocenters. The molecule has 0 aliphatic carbocycles. The van der Waals surface area contributed by atoms with E-state index in [2.05, 4.69) is 11.8 Å². The molecule has 0 N–H and O–H groups in total. The monoisotopic (exact) mass is 486 g/mol. The van der Waals surface area contributed by atoms with Crippen molar-refractivity contribution in [3.63, 3.8) is 0 Å². The van der Waals surface area contributed by atoms with E-state index in [0.29, 0.717) is 58.4 Å². The number of fused-ring (bicyclic) bond motifs is 1. The van der Waals surface area contributed by atoms with Gasteiger partial charge in [-0.2, -0.15) is 0 Å². The van der Waals surface area contributed by atoms with Crippen molar-refractivity contribution in [2.75, 3.05) is 37.7 Å². The van der Waals surface area contributed by atoms with Crippen molar-refractivity contribution in [3.8, 4) is 0 Å². The van der Waals surface area contributed by atoms with E-state index in [1.165, 1.54) is 11.8 Å². The largest absolute Gasteiger partial charge is 0.382 e. The molecule has 0 aromatic carbocycles. The number of anilines is 1. The minimum atomic E-state index is -0.168. The van der Waals surface area contributed by atoms with Crippen LogP contribution >= 0.6 is 24.0 Å². The molecular weight excluding hydrogens is 456 g/mol. The number of hydrogen-bond acceptors (Lipinski definition) is 7. The van der Waals surface area contributed by atoms with E-state index in [1.807, 2.05) is 26.0 Å². The Labute approximate surface area is 203 Å². The summed E-state index contributed by atoms with van der Waals surface area (Å²) in [6.07, 6.45) is 6.24. The predicted molar refractivity (Wildman–Crippen MR) is 138 cm³/mol. The molecule has 176 valence electrons. The van der Waals surface area contributed by atoms with Gasteiger partial charge in [-0.05, 0) is 56.7 Å². The number of nitrogens with zero attached hydrogens (tertiary/aromatic N) is 4. The van der Waals surface area contributed by atoms with Crippen LogP contribution in [0.4, 0.5) is 5.82 Å². The average Bonchev–Trinajstić information content (AvgIpc) is 3.06. The van der Waals surface area contributed by atoms with Gasteiger partial charge in [0.05, 0.1) is 10.5 Å². The minimum absolute atomic E-state index is 0.159. The molecule has 0 spiro atoms. The average molecular weight is 487 g/mol. The number of ether oxygens (including phenoxy) is 1. The van der Waals surface area contributed by atoms with E-state index in [-0.39, 0.29) is 11.5 Å². The minimum Gasteiger partial charge on any atom is -0.382 e. The maximum Gasteiger partial charge on any atom is 0.267 e. The molecule has 2 fully saturated rings. The molecule has 4 rings (SSSR count). The van der Waals surface area contributed by atoms with Gasteiger partial charge in [-0.1, -0.05) is 37.0 Å². The van der Waals surface area contributed by atoms with Crippen molar-refractivity contribution in [3.05, 3.63) is 44.7 Å². The lowest BCUT2D eigenvalue weighted by molar-refractivity contribution is -0.122. The number of carbonyl (C=O) groups excluding carboxylic acids is 1. The summed E-state index contributed by atoms with van der Waals surface area (Å²) in [7, 11) is 0. The third-order valence-corrected chi connectivity index (χ3v) is 7.55. The number of amides is 1. The van der Waals surface area contributed by atoms with Crippen LogP contribution in [0.15, 0.2) is 28.0 Å². The van der Waals surface area contributed by atoms with Crippen molar-refractivity contribution in [1.29, 1.82) is 0 Å². The van der Waals surface area contributed by atoms with Crippen molar-refractivity contribution in [2.45, 2.75) is 40.0 Å². The zero-order chi connectivity index (χ0) is 23.5. The van der Waals surface area contributed by atoms with Gasteiger partial charge in [0.2, 0.25) is 0 Å². The van der Waals surface area contributed by atoms with Crippen LogP contribution in [0.5, 0.6) is 0 Å². The van der Waals surface area contributed by atoms with E-state index in [4.69, 9.17) is 21.9 Å². The summed E-state index contributed by atoms with van der Waals surface area (Å²) >= 11 is 6.71. The third-order valence-electron chi connectivity index (χ3n) is 6.17. The highest BCUT2D eigenvalue weighted by molar-refractivity contribution is 8.26. The van der Waals surface area contributed by atoms with Gasteiger partial charge >= 0.3 is 0 Å². The Hall–Kier alpha value is -2.23. The highest BCUT2D eigenvalue weighted by Gasteiger charge is 2.33. The van der Waals surface area contributed by atoms with Crippen LogP contribution < -0.4 is 10.5 Å². The Bertz CT molecular complexity index is 1150. The number of rotatable bonds is 7. The smallest absolute Gasteiger partial charge is 0.267 e. The first kappa shape index (κ1) is 23.9. The predicted octanol–water partition coefficient (Wildman–Crippen LogP) is 3.87. The van der Waals surface area contributed by atoms with Crippen molar-refractivity contribution in [2.24, 2.45) is 5.92 Å². The molecule has 2 aliphatic heterocycles. The first-order chi connectivity index (χ1) is 15.9. The van der Waals surface area contributed by atoms with Gasteiger partial charge in [0.25, 0.3) is 11.5 Å². The van der Waals surface area contributed by atoms with Gasteiger partial charge in [-0.25, -0.2) is 4.98 Å². The Morgan fingerprint density at radius 3 is 2.79 bits per heavy atom. The van der Waals surface area contributed by atoms with Gasteiger partial charge in [-0.3, -0.25) is 18.9 Å². The summed E-state index contributed by atoms with van der Waals surface area (Å²) in [6, 6.07) is 3.80. The van der Waals surface area contributed by atoms with Gasteiger partial charge in [0.1, 0.15) is 15.8 Å². The fraction of sp³-hybridized carbons (Fsp3) is 0.500. The molecule has 0 unspecified atom stereocenters. The second kappa shape index (κ2) is 10.4. The Morgan fingerprint density at radius 1 is 1.30 bits per heavy atom. The molecule has 2 saturated heterocycles. The highest BCUT2D eigenvalue weighted by atomic mass is 32.2. The maximum atomic E-state index is 13.6. The van der Waals surface area contributed by atoms with Crippen LogP contribution in [-0.4, -0.2) is 57.4 Å². The number of aryl methyl sites for hydroxylation is 1. The van der Waals surface area contributed by atoms with Crippen LogP contribution in [0.25, 0.3) is 11.7 Å². The Kier molecular flexibility index (Phi) is 7.51. The lowest BCUT2D eigenvalue weighted by atomic mass is 9.99. The van der Waals surface area contributed by atoms with Crippen molar-refractivity contribution in [1.82, 2.24) is 14.3 Å². The summed E-state index contributed by atoms with van der Waals surface area (Å²) < 4.78 is 7.47. The van der Waals surface area contributed by atoms with Gasteiger partial charge in [0.15, 0.2) is 0 Å². The molecule has 2 aromatic rings. The van der Waals surface area contributed by atoms with Crippen molar-refractivity contribution >= 4 is 51.7 Å². The van der Waals surface area contributed by atoms with Crippen LogP contribution in [0, 0.1) is 12.8 Å². The number of carbonyl (C=O) groups is 1. The zero-order valence-corrected chi connectivity index (χ0v) is 21.0. The molecule has 7 nitrogen and oxygen atoms in total. The third kappa shape index (κ3) is 5.00. The van der Waals surface area contributed by atoms with E-state index in [0.717, 1.165) is 31.5 Å². The van der Waals surface area contributed by atoms with E-state index in [1.54, 1.807) is 21.6 Å². The second-order valence-corrected chi connectivity index (χ2v) is 10.3. The quantitative estimate of drug-likeness (QED) is 0.334. The first-order valence-electron chi connectivity index (χ1n) is 11.5. The number of thiocarbonyl (C=S) groups is 1. The summed E-state index contributed by atoms with van der Waals surface area (Å²) in [4.78, 5) is 35.9. The van der Waals surface area contributed by atoms with E-state index in [9.17, 15) is 9.59 Å². The molecular formula is C24H30N4O3S2. The van der Waals surface area contributed by atoms with Crippen LogP contribution in [0.1, 0.15) is 44.2 Å². The fourth-order valence-electron chi connectivity index (χ4n) is 4.18. The molecule has 2 aliphatic rings. The van der Waals surface area contributed by atoms with Crippen molar-refractivity contribution < 1.29 is 9.53 Å². The van der Waals surface area contributed by atoms with Crippen LogP contribution in [-0.2, 0) is 9.53 Å². The van der Waals surface area contributed by atoms with Crippen LogP contribution in [0.3, 0.4) is 0 Å².